The topological polar surface area (TPSA) is 73.0 Å². The van der Waals surface area contributed by atoms with E-state index in [1.807, 2.05) is 24.3 Å². The molecule has 2 aromatic rings. The second kappa shape index (κ2) is 8.52. The van der Waals surface area contributed by atoms with Crippen LogP contribution >= 0.6 is 0 Å². The smallest absolute Gasteiger partial charge is 0.174 e. The summed E-state index contributed by atoms with van der Waals surface area (Å²) in [5.41, 5.74) is 1.38. The molecule has 1 aromatic carbocycles. The first-order valence-electron chi connectivity index (χ1n) is 9.12. The monoisotopic (exact) mass is 352 g/mol. The minimum absolute atomic E-state index is 0.509. The molecule has 2 heterocycles. The number of benzene rings is 1. The van der Waals surface area contributed by atoms with E-state index in [9.17, 15) is 5.26 Å². The van der Waals surface area contributed by atoms with Gasteiger partial charge in [0.2, 0.25) is 0 Å². The van der Waals surface area contributed by atoms with E-state index < -0.39 is 0 Å². The average molecular weight is 352 g/mol. The number of aryl methyl sites for hydroxylation is 1. The van der Waals surface area contributed by atoms with Crippen molar-refractivity contribution in [3.05, 3.63) is 35.4 Å². The highest BCUT2D eigenvalue weighted by atomic mass is 16.5. The number of hydrogen-bond donors (Lipinski definition) is 0. The molecule has 0 saturated carbocycles. The fourth-order valence-electron chi connectivity index (χ4n) is 3.10. The second-order valence-corrected chi connectivity index (χ2v) is 6.33. The number of allylic oxidation sites excluding steroid dienone is 1. The molecule has 26 heavy (non-hydrogen) atoms. The van der Waals surface area contributed by atoms with Crippen LogP contribution in [0.3, 0.4) is 0 Å². The summed E-state index contributed by atoms with van der Waals surface area (Å²) in [5, 5.41) is 18.2. The van der Waals surface area contributed by atoms with Gasteiger partial charge in [-0.25, -0.2) is 0 Å². The largest absolute Gasteiger partial charge is 0.493 e. The number of fused-ring (bicyclic) bond motifs is 1. The number of methoxy groups -OCH3 is 1. The molecule has 0 amide bonds. The summed E-state index contributed by atoms with van der Waals surface area (Å²) in [6.45, 7) is 3.56. The van der Waals surface area contributed by atoms with Crippen LogP contribution in [0.25, 0.3) is 11.6 Å². The van der Waals surface area contributed by atoms with Gasteiger partial charge in [-0.3, -0.25) is 0 Å². The molecule has 0 spiro atoms. The summed E-state index contributed by atoms with van der Waals surface area (Å²) in [6, 6.07) is 7.95. The van der Waals surface area contributed by atoms with Crippen LogP contribution in [-0.4, -0.2) is 28.5 Å². The molecule has 3 rings (SSSR count). The maximum absolute atomic E-state index is 9.67. The summed E-state index contributed by atoms with van der Waals surface area (Å²) in [4.78, 5) is 0. The lowest BCUT2D eigenvalue weighted by molar-refractivity contribution is 0.294. The summed E-state index contributed by atoms with van der Waals surface area (Å²) in [7, 11) is 1.62. The van der Waals surface area contributed by atoms with Crippen LogP contribution in [0.2, 0.25) is 0 Å². The van der Waals surface area contributed by atoms with Crippen LogP contribution in [0.4, 0.5) is 0 Å². The second-order valence-electron chi connectivity index (χ2n) is 6.33. The Hall–Kier alpha value is -2.81. The average Bonchev–Trinajstić information content (AvgIpc) is 2.92. The van der Waals surface area contributed by atoms with Crippen molar-refractivity contribution in [1.82, 2.24) is 14.8 Å². The lowest BCUT2D eigenvalue weighted by atomic mass is 10.1. The predicted molar refractivity (Wildman–Crippen MR) is 99.8 cm³/mol. The van der Waals surface area contributed by atoms with Gasteiger partial charge in [-0.1, -0.05) is 19.4 Å². The molecule has 0 saturated heterocycles. The fourth-order valence-corrected chi connectivity index (χ4v) is 3.10. The van der Waals surface area contributed by atoms with E-state index in [4.69, 9.17) is 9.47 Å². The molecule has 0 bridgehead atoms. The minimum atomic E-state index is 0.509. The molecule has 0 atom stereocenters. The van der Waals surface area contributed by atoms with Crippen molar-refractivity contribution in [3.63, 3.8) is 0 Å². The molecule has 6 nitrogen and oxygen atoms in total. The lowest BCUT2D eigenvalue weighted by Gasteiger charge is -2.11. The zero-order valence-corrected chi connectivity index (χ0v) is 15.4. The molecule has 0 radical (unpaired) electrons. The molecular weight excluding hydrogens is 328 g/mol. The van der Waals surface area contributed by atoms with Gasteiger partial charge in [0.25, 0.3) is 0 Å². The Morgan fingerprint density at radius 2 is 2.15 bits per heavy atom. The number of nitriles is 1. The first-order chi connectivity index (χ1) is 12.8. The Morgan fingerprint density at radius 3 is 2.92 bits per heavy atom. The van der Waals surface area contributed by atoms with Gasteiger partial charge in [-0.15, -0.1) is 10.2 Å². The highest BCUT2D eigenvalue weighted by Gasteiger charge is 2.18. The SMILES string of the molecule is CCCOc1ccc(C=C(C#N)c2nnc3n2CCCCC3)cc1OC. The van der Waals surface area contributed by atoms with Crippen LogP contribution in [0.5, 0.6) is 11.5 Å². The molecule has 0 aliphatic carbocycles. The van der Waals surface area contributed by atoms with Gasteiger partial charge in [0.1, 0.15) is 11.9 Å². The molecule has 0 fully saturated rings. The molecular formula is C20H24N4O2. The number of hydrogen-bond acceptors (Lipinski definition) is 5. The van der Waals surface area contributed by atoms with Crippen LogP contribution in [0.15, 0.2) is 18.2 Å². The van der Waals surface area contributed by atoms with Gasteiger partial charge >= 0.3 is 0 Å². The molecule has 0 N–H and O–H groups in total. The fraction of sp³-hybridized carbons (Fsp3) is 0.450. The number of aromatic nitrogens is 3. The molecule has 1 aliphatic rings. The zero-order valence-electron chi connectivity index (χ0n) is 15.4. The quantitative estimate of drug-likeness (QED) is 0.738. The third-order valence-electron chi connectivity index (χ3n) is 4.43. The standard InChI is InChI=1S/C20H24N4O2/c1-3-11-26-17-9-8-15(13-18(17)25-2)12-16(14-21)20-23-22-19-7-5-4-6-10-24(19)20/h8-9,12-13H,3-7,10-11H2,1-2H3. The van der Waals surface area contributed by atoms with E-state index in [1.165, 1.54) is 6.42 Å². The van der Waals surface area contributed by atoms with Crippen molar-refractivity contribution >= 4 is 11.6 Å². The molecule has 6 heteroatoms. The Bertz CT molecular complexity index is 833. The Labute approximate surface area is 154 Å². The third kappa shape index (κ3) is 3.88. The van der Waals surface area contributed by atoms with E-state index in [0.717, 1.165) is 43.6 Å². The highest BCUT2D eigenvalue weighted by molar-refractivity contribution is 5.87. The maximum Gasteiger partial charge on any atom is 0.174 e. The van der Waals surface area contributed by atoms with Gasteiger partial charge in [-0.05, 0) is 43.0 Å². The zero-order chi connectivity index (χ0) is 18.4. The number of ether oxygens (including phenoxy) is 2. The van der Waals surface area contributed by atoms with E-state index in [-0.39, 0.29) is 0 Å². The molecule has 136 valence electrons. The van der Waals surface area contributed by atoms with Gasteiger partial charge in [0.15, 0.2) is 17.3 Å². The van der Waals surface area contributed by atoms with E-state index in [0.29, 0.717) is 29.5 Å². The van der Waals surface area contributed by atoms with E-state index >= 15 is 0 Å². The predicted octanol–water partition coefficient (Wildman–Crippen LogP) is 3.87. The summed E-state index contributed by atoms with van der Waals surface area (Å²) >= 11 is 0. The number of nitrogens with zero attached hydrogens (tertiary/aromatic N) is 4. The van der Waals surface area contributed by atoms with Gasteiger partial charge in [0, 0.05) is 13.0 Å². The van der Waals surface area contributed by atoms with Crippen molar-refractivity contribution in [3.8, 4) is 17.6 Å². The van der Waals surface area contributed by atoms with Crippen LogP contribution < -0.4 is 9.47 Å². The van der Waals surface area contributed by atoms with Gasteiger partial charge in [-0.2, -0.15) is 5.26 Å². The van der Waals surface area contributed by atoms with Crippen molar-refractivity contribution < 1.29 is 9.47 Å². The van der Waals surface area contributed by atoms with Crippen molar-refractivity contribution in [1.29, 1.82) is 5.26 Å². The summed E-state index contributed by atoms with van der Waals surface area (Å²) in [6.07, 6.45) is 7.08. The van der Waals surface area contributed by atoms with Gasteiger partial charge in [0.05, 0.1) is 19.3 Å². The summed E-state index contributed by atoms with van der Waals surface area (Å²) in [5.74, 6) is 2.99. The Morgan fingerprint density at radius 1 is 1.27 bits per heavy atom. The van der Waals surface area contributed by atoms with Crippen LogP contribution in [0, 0.1) is 11.3 Å². The Kier molecular flexibility index (Phi) is 5.90. The highest BCUT2D eigenvalue weighted by Crippen LogP contribution is 2.30. The van der Waals surface area contributed by atoms with Crippen molar-refractivity contribution in [2.24, 2.45) is 0 Å². The van der Waals surface area contributed by atoms with Crippen LogP contribution in [0.1, 0.15) is 49.8 Å². The van der Waals surface area contributed by atoms with Crippen molar-refractivity contribution in [2.75, 3.05) is 13.7 Å². The third-order valence-corrected chi connectivity index (χ3v) is 4.43. The number of rotatable bonds is 6. The molecule has 1 aromatic heterocycles. The molecule has 1 aliphatic heterocycles. The van der Waals surface area contributed by atoms with E-state index in [2.05, 4.69) is 27.8 Å². The van der Waals surface area contributed by atoms with Crippen LogP contribution in [-0.2, 0) is 13.0 Å². The maximum atomic E-state index is 9.67. The first-order valence-corrected chi connectivity index (χ1v) is 9.12. The first kappa shape index (κ1) is 18.0. The van der Waals surface area contributed by atoms with Gasteiger partial charge < -0.3 is 14.0 Å². The molecule has 0 unspecified atom stereocenters. The normalized spacial score (nSPS) is 14.3. The lowest BCUT2D eigenvalue weighted by Crippen LogP contribution is -2.05. The minimum Gasteiger partial charge on any atom is -0.493 e. The van der Waals surface area contributed by atoms with Crippen molar-refractivity contribution in [2.45, 2.75) is 45.6 Å². The Balaban J connectivity index is 1.93. The van der Waals surface area contributed by atoms with E-state index in [1.54, 1.807) is 7.11 Å². The summed E-state index contributed by atoms with van der Waals surface area (Å²) < 4.78 is 13.2.